The van der Waals surface area contributed by atoms with E-state index in [1.54, 1.807) is 12.1 Å². The summed E-state index contributed by atoms with van der Waals surface area (Å²) in [5.41, 5.74) is 3.26. The molecule has 3 aromatic rings. The molecule has 0 atom stereocenters. The van der Waals surface area contributed by atoms with Crippen LogP contribution < -0.4 is 10.6 Å². The van der Waals surface area contributed by atoms with Gasteiger partial charge >= 0.3 is 0 Å². The standard InChI is InChI=1S/C25H25FN4O2S/c26-19-7-5-17(6-8-19)22-15-33-25(28-22)29-23(31)14-30(21-11-12-21)13-16-1-3-18(4-2-16)24(32)27-20-9-10-20/h1-8,15,20-21H,9-14H2,(H,27,32)(H,28,29,31). The van der Waals surface area contributed by atoms with Crippen LogP contribution in [0.15, 0.2) is 53.9 Å². The second-order valence-electron chi connectivity index (χ2n) is 8.67. The Morgan fingerprint density at radius 2 is 1.76 bits per heavy atom. The molecule has 0 unspecified atom stereocenters. The van der Waals surface area contributed by atoms with Gasteiger partial charge in [-0.1, -0.05) is 12.1 Å². The maximum absolute atomic E-state index is 13.1. The van der Waals surface area contributed by atoms with E-state index in [2.05, 4.69) is 20.5 Å². The van der Waals surface area contributed by atoms with Crippen molar-refractivity contribution in [1.82, 2.24) is 15.2 Å². The quantitative estimate of drug-likeness (QED) is 0.491. The lowest BCUT2D eigenvalue weighted by Gasteiger charge is -2.21. The van der Waals surface area contributed by atoms with Crippen molar-refractivity contribution in [3.8, 4) is 11.3 Å². The monoisotopic (exact) mass is 464 g/mol. The summed E-state index contributed by atoms with van der Waals surface area (Å²) in [6, 6.07) is 14.5. The maximum Gasteiger partial charge on any atom is 0.251 e. The van der Waals surface area contributed by atoms with Crippen molar-refractivity contribution in [2.24, 2.45) is 0 Å². The third-order valence-electron chi connectivity index (χ3n) is 5.81. The van der Waals surface area contributed by atoms with Crippen LogP contribution in [-0.2, 0) is 11.3 Å². The summed E-state index contributed by atoms with van der Waals surface area (Å²) in [6.07, 6.45) is 4.30. The van der Waals surface area contributed by atoms with Crippen LogP contribution in [0, 0.1) is 5.82 Å². The Morgan fingerprint density at radius 1 is 1.03 bits per heavy atom. The zero-order chi connectivity index (χ0) is 22.8. The van der Waals surface area contributed by atoms with Crippen molar-refractivity contribution >= 4 is 28.3 Å². The molecule has 8 heteroatoms. The van der Waals surface area contributed by atoms with Gasteiger partial charge in [0.1, 0.15) is 5.82 Å². The molecular weight excluding hydrogens is 439 g/mol. The number of thiazole rings is 1. The van der Waals surface area contributed by atoms with Gasteiger partial charge in [-0.25, -0.2) is 9.37 Å². The first-order chi connectivity index (χ1) is 16.0. The Labute approximate surface area is 195 Å². The number of nitrogens with one attached hydrogen (secondary N) is 2. The summed E-state index contributed by atoms with van der Waals surface area (Å²) in [7, 11) is 0. The molecular formula is C25H25FN4O2S. The predicted molar refractivity (Wildman–Crippen MR) is 126 cm³/mol. The van der Waals surface area contributed by atoms with Crippen molar-refractivity contribution in [2.45, 2.75) is 44.3 Å². The molecule has 2 saturated carbocycles. The summed E-state index contributed by atoms with van der Waals surface area (Å²) in [5, 5.41) is 8.27. The van der Waals surface area contributed by atoms with Crippen LogP contribution in [0.1, 0.15) is 41.6 Å². The Kier molecular flexibility index (Phi) is 6.20. The largest absolute Gasteiger partial charge is 0.349 e. The molecule has 0 bridgehead atoms. The molecule has 6 nitrogen and oxygen atoms in total. The van der Waals surface area contributed by atoms with Crippen LogP contribution in [-0.4, -0.2) is 40.3 Å². The highest BCUT2D eigenvalue weighted by Crippen LogP contribution is 2.29. The fraction of sp³-hybridized carbons (Fsp3) is 0.320. The lowest BCUT2D eigenvalue weighted by atomic mass is 10.1. The lowest BCUT2D eigenvalue weighted by molar-refractivity contribution is -0.117. The zero-order valence-electron chi connectivity index (χ0n) is 18.1. The highest BCUT2D eigenvalue weighted by atomic mass is 32.1. The van der Waals surface area contributed by atoms with Gasteiger partial charge in [0.15, 0.2) is 5.13 Å². The number of hydrogen-bond donors (Lipinski definition) is 2. The smallest absolute Gasteiger partial charge is 0.251 e. The Hall–Kier alpha value is -3.10. The van der Waals surface area contributed by atoms with E-state index in [0.717, 1.165) is 36.8 Å². The van der Waals surface area contributed by atoms with E-state index < -0.39 is 0 Å². The summed E-state index contributed by atoms with van der Waals surface area (Å²) in [4.78, 5) is 31.5. The average Bonchev–Trinajstić information content (AvgIpc) is 3.74. The van der Waals surface area contributed by atoms with E-state index in [0.29, 0.717) is 35.0 Å². The van der Waals surface area contributed by atoms with Gasteiger partial charge in [0, 0.05) is 35.1 Å². The second kappa shape index (κ2) is 9.41. The number of rotatable bonds is 9. The number of halogens is 1. The first kappa shape index (κ1) is 21.7. The van der Waals surface area contributed by atoms with Crippen LogP contribution in [0.5, 0.6) is 0 Å². The molecule has 0 spiro atoms. The molecule has 5 rings (SSSR count). The van der Waals surface area contributed by atoms with E-state index in [-0.39, 0.29) is 24.2 Å². The van der Waals surface area contributed by atoms with Crippen molar-refractivity contribution in [3.63, 3.8) is 0 Å². The Bertz CT molecular complexity index is 1140. The SMILES string of the molecule is O=C(CN(Cc1ccc(C(=O)NC2CC2)cc1)C1CC1)Nc1nc(-c2ccc(F)cc2)cs1. The summed E-state index contributed by atoms with van der Waals surface area (Å²) < 4.78 is 13.1. The minimum absolute atomic E-state index is 0.0223. The lowest BCUT2D eigenvalue weighted by Crippen LogP contribution is -2.34. The first-order valence-electron chi connectivity index (χ1n) is 11.2. The van der Waals surface area contributed by atoms with Gasteiger partial charge in [0.25, 0.3) is 5.91 Å². The molecule has 2 N–H and O–H groups in total. The van der Waals surface area contributed by atoms with Gasteiger partial charge in [-0.15, -0.1) is 11.3 Å². The van der Waals surface area contributed by atoms with Gasteiger partial charge < -0.3 is 10.6 Å². The molecule has 1 aromatic heterocycles. The maximum atomic E-state index is 13.1. The molecule has 1 heterocycles. The van der Waals surface area contributed by atoms with Gasteiger partial charge in [-0.3, -0.25) is 14.5 Å². The fourth-order valence-corrected chi connectivity index (χ4v) is 4.41. The van der Waals surface area contributed by atoms with Crippen LogP contribution in [0.3, 0.4) is 0 Å². The van der Waals surface area contributed by atoms with Crippen LogP contribution in [0.2, 0.25) is 0 Å². The van der Waals surface area contributed by atoms with E-state index >= 15 is 0 Å². The number of hydrogen-bond acceptors (Lipinski definition) is 5. The van der Waals surface area contributed by atoms with E-state index in [4.69, 9.17) is 0 Å². The fourth-order valence-electron chi connectivity index (χ4n) is 3.67. The van der Waals surface area contributed by atoms with Gasteiger partial charge in [0.05, 0.1) is 12.2 Å². The topological polar surface area (TPSA) is 74.3 Å². The molecule has 170 valence electrons. The van der Waals surface area contributed by atoms with E-state index in [1.165, 1.54) is 23.5 Å². The normalized spacial score (nSPS) is 15.5. The number of anilines is 1. The number of nitrogens with zero attached hydrogens (tertiary/aromatic N) is 2. The summed E-state index contributed by atoms with van der Waals surface area (Å²) in [5.74, 6) is -0.424. The van der Waals surface area contributed by atoms with Gasteiger partial charge in [0.2, 0.25) is 5.91 Å². The average molecular weight is 465 g/mol. The number of amides is 2. The molecule has 2 aliphatic carbocycles. The van der Waals surface area contributed by atoms with Crippen molar-refractivity contribution in [1.29, 1.82) is 0 Å². The minimum Gasteiger partial charge on any atom is -0.349 e. The molecule has 0 saturated heterocycles. The second-order valence-corrected chi connectivity index (χ2v) is 9.53. The summed E-state index contributed by atoms with van der Waals surface area (Å²) >= 11 is 1.35. The van der Waals surface area contributed by atoms with Crippen LogP contribution >= 0.6 is 11.3 Å². The molecule has 0 radical (unpaired) electrons. The van der Waals surface area contributed by atoms with Crippen molar-refractivity contribution < 1.29 is 14.0 Å². The molecule has 2 amide bonds. The molecule has 0 aliphatic heterocycles. The number of carbonyl (C=O) groups is 2. The minimum atomic E-state index is -0.293. The molecule has 33 heavy (non-hydrogen) atoms. The highest BCUT2D eigenvalue weighted by Gasteiger charge is 2.30. The van der Waals surface area contributed by atoms with Gasteiger partial charge in [-0.2, -0.15) is 0 Å². The molecule has 2 aromatic carbocycles. The van der Waals surface area contributed by atoms with E-state index in [1.807, 2.05) is 29.6 Å². The van der Waals surface area contributed by atoms with Crippen molar-refractivity contribution in [2.75, 3.05) is 11.9 Å². The third kappa shape index (κ3) is 5.83. The first-order valence-corrected chi connectivity index (χ1v) is 12.1. The highest BCUT2D eigenvalue weighted by molar-refractivity contribution is 7.14. The zero-order valence-corrected chi connectivity index (χ0v) is 18.9. The Balaban J connectivity index is 1.17. The molecule has 2 aliphatic rings. The van der Waals surface area contributed by atoms with Crippen molar-refractivity contribution in [3.05, 3.63) is 70.9 Å². The third-order valence-corrected chi connectivity index (χ3v) is 6.57. The Morgan fingerprint density at radius 3 is 2.42 bits per heavy atom. The van der Waals surface area contributed by atoms with E-state index in [9.17, 15) is 14.0 Å². The van der Waals surface area contributed by atoms with Crippen LogP contribution in [0.4, 0.5) is 9.52 Å². The predicted octanol–water partition coefficient (Wildman–Crippen LogP) is 4.44. The number of benzene rings is 2. The number of aromatic nitrogens is 1. The van der Waals surface area contributed by atoms with Crippen LogP contribution in [0.25, 0.3) is 11.3 Å². The van der Waals surface area contributed by atoms with Gasteiger partial charge in [-0.05, 0) is 67.6 Å². The summed E-state index contributed by atoms with van der Waals surface area (Å²) in [6.45, 7) is 0.932. The number of carbonyl (C=O) groups excluding carboxylic acids is 2. The molecule has 2 fully saturated rings.